The van der Waals surface area contributed by atoms with Crippen LogP contribution in [0.1, 0.15) is 36.2 Å². The number of ether oxygens (including phenoxy) is 1. The van der Waals surface area contributed by atoms with Gasteiger partial charge in [0.1, 0.15) is 5.75 Å². The molecule has 0 bridgehead atoms. The van der Waals surface area contributed by atoms with Crippen LogP contribution in [0.25, 0.3) is 0 Å². The second-order valence-electron chi connectivity index (χ2n) is 8.78. The minimum absolute atomic E-state index is 0.0180. The van der Waals surface area contributed by atoms with E-state index >= 15 is 0 Å². The predicted octanol–water partition coefficient (Wildman–Crippen LogP) is 3.62. The number of sulfone groups is 1. The largest absolute Gasteiger partial charge is 0.493 e. The number of carbonyl (C=O) groups is 1. The maximum absolute atomic E-state index is 13.4. The normalized spacial score (nSPS) is 17.5. The van der Waals surface area contributed by atoms with Crippen LogP contribution in [-0.2, 0) is 16.4 Å². The van der Waals surface area contributed by atoms with Gasteiger partial charge in [-0.05, 0) is 54.3 Å². The van der Waals surface area contributed by atoms with Gasteiger partial charge in [-0.25, -0.2) is 8.42 Å². The molecule has 0 unspecified atom stereocenters. The Labute approximate surface area is 185 Å². The minimum Gasteiger partial charge on any atom is -0.493 e. The summed E-state index contributed by atoms with van der Waals surface area (Å²) in [6.07, 6.45) is 0.472. The number of benzene rings is 2. The fraction of sp³-hybridized carbons (Fsp3) is 0.458. The third kappa shape index (κ3) is 6.23. The molecule has 0 aliphatic carbocycles. The molecule has 1 saturated heterocycles. The number of nitrogens with zero attached hydrogens (tertiary/aromatic N) is 2. The van der Waals surface area contributed by atoms with Crippen molar-refractivity contribution in [2.24, 2.45) is 5.92 Å². The van der Waals surface area contributed by atoms with Crippen LogP contribution < -0.4 is 9.64 Å². The van der Waals surface area contributed by atoms with Gasteiger partial charge in [0, 0.05) is 37.9 Å². The summed E-state index contributed by atoms with van der Waals surface area (Å²) in [4.78, 5) is 17.1. The summed E-state index contributed by atoms with van der Waals surface area (Å²) in [5.41, 5.74) is 2.58. The Morgan fingerprint density at radius 3 is 2.23 bits per heavy atom. The molecule has 168 valence electrons. The highest BCUT2D eigenvalue weighted by Crippen LogP contribution is 2.24. The van der Waals surface area contributed by atoms with Crippen molar-refractivity contribution in [3.05, 3.63) is 59.7 Å². The van der Waals surface area contributed by atoms with Crippen LogP contribution in [0.2, 0.25) is 0 Å². The van der Waals surface area contributed by atoms with Crippen LogP contribution >= 0.6 is 0 Å². The molecule has 2 aromatic carbocycles. The number of amides is 1. The molecule has 31 heavy (non-hydrogen) atoms. The Morgan fingerprint density at radius 2 is 1.71 bits per heavy atom. The number of hydrogen-bond acceptors (Lipinski definition) is 5. The molecule has 0 saturated carbocycles. The number of rotatable bonds is 8. The van der Waals surface area contributed by atoms with Crippen molar-refractivity contribution in [3.63, 3.8) is 0 Å². The molecule has 3 rings (SSSR count). The van der Waals surface area contributed by atoms with E-state index in [9.17, 15) is 13.2 Å². The zero-order valence-electron chi connectivity index (χ0n) is 18.7. The third-order valence-corrected chi connectivity index (χ3v) is 7.15. The van der Waals surface area contributed by atoms with E-state index in [-0.39, 0.29) is 23.5 Å². The van der Waals surface area contributed by atoms with Crippen LogP contribution in [0.5, 0.6) is 5.75 Å². The molecular formula is C24H32N2O4S. The highest BCUT2D eigenvalue weighted by Gasteiger charge is 2.35. The van der Waals surface area contributed by atoms with Crippen molar-refractivity contribution in [2.45, 2.75) is 32.9 Å². The summed E-state index contributed by atoms with van der Waals surface area (Å²) < 4.78 is 29.9. The van der Waals surface area contributed by atoms with E-state index in [2.05, 4.69) is 13.8 Å². The van der Waals surface area contributed by atoms with E-state index in [1.54, 1.807) is 29.2 Å². The summed E-state index contributed by atoms with van der Waals surface area (Å²) in [6, 6.07) is 14.8. The van der Waals surface area contributed by atoms with Gasteiger partial charge in [-0.15, -0.1) is 0 Å². The van der Waals surface area contributed by atoms with E-state index in [1.165, 1.54) is 0 Å². The van der Waals surface area contributed by atoms with E-state index in [1.807, 2.05) is 43.3 Å². The minimum atomic E-state index is -3.11. The number of hydrogen-bond donors (Lipinski definition) is 0. The Kier molecular flexibility index (Phi) is 7.26. The summed E-state index contributed by atoms with van der Waals surface area (Å²) >= 11 is 0. The second kappa shape index (κ2) is 9.73. The van der Waals surface area contributed by atoms with E-state index in [0.717, 1.165) is 17.0 Å². The van der Waals surface area contributed by atoms with Crippen LogP contribution in [0, 0.1) is 5.92 Å². The molecule has 0 N–H and O–H groups in total. The molecule has 1 heterocycles. The Bertz CT molecular complexity index is 983. The van der Waals surface area contributed by atoms with Gasteiger partial charge in [-0.3, -0.25) is 4.79 Å². The van der Waals surface area contributed by atoms with Crippen molar-refractivity contribution < 1.29 is 17.9 Å². The maximum atomic E-state index is 13.4. The lowest BCUT2D eigenvalue weighted by molar-refractivity contribution is 0.0681. The molecule has 7 heteroatoms. The molecule has 0 aromatic heterocycles. The van der Waals surface area contributed by atoms with Crippen molar-refractivity contribution >= 4 is 21.4 Å². The molecule has 1 amide bonds. The van der Waals surface area contributed by atoms with Crippen LogP contribution in [0.3, 0.4) is 0 Å². The zero-order valence-corrected chi connectivity index (χ0v) is 19.6. The van der Waals surface area contributed by atoms with Gasteiger partial charge in [-0.1, -0.05) is 26.0 Å². The molecule has 0 radical (unpaired) electrons. The smallest absolute Gasteiger partial charge is 0.254 e. The topological polar surface area (TPSA) is 66.9 Å². The second-order valence-corrected chi connectivity index (χ2v) is 11.0. The first-order chi connectivity index (χ1) is 14.6. The van der Waals surface area contributed by atoms with Crippen LogP contribution in [0.4, 0.5) is 5.69 Å². The summed E-state index contributed by atoms with van der Waals surface area (Å²) in [5, 5.41) is 0. The maximum Gasteiger partial charge on any atom is 0.254 e. The molecule has 1 fully saturated rings. The summed E-state index contributed by atoms with van der Waals surface area (Å²) in [5.74, 6) is 1.13. The number of anilines is 1. The van der Waals surface area contributed by atoms with Crippen molar-refractivity contribution in [2.75, 3.05) is 37.1 Å². The first kappa shape index (κ1) is 23.1. The van der Waals surface area contributed by atoms with Gasteiger partial charge >= 0.3 is 0 Å². The van der Waals surface area contributed by atoms with Crippen LogP contribution in [0.15, 0.2) is 48.5 Å². The van der Waals surface area contributed by atoms with Crippen molar-refractivity contribution in [3.8, 4) is 5.75 Å². The molecule has 1 aliphatic rings. The van der Waals surface area contributed by atoms with E-state index < -0.39 is 9.84 Å². The Morgan fingerprint density at radius 1 is 1.06 bits per heavy atom. The average Bonchev–Trinajstić information content (AvgIpc) is 3.10. The molecule has 1 atom stereocenters. The van der Waals surface area contributed by atoms with Crippen LogP contribution in [-0.4, -0.2) is 57.5 Å². The zero-order chi connectivity index (χ0) is 22.6. The fourth-order valence-corrected chi connectivity index (χ4v) is 5.34. The SMILES string of the molecule is CC(C)COc1ccc(C(=O)N(Cc2ccc(N(C)C)cc2)[C@@H]2CCS(=O)(=O)C2)cc1. The average molecular weight is 445 g/mol. The summed E-state index contributed by atoms with van der Waals surface area (Å²) in [6.45, 7) is 5.15. The van der Waals surface area contributed by atoms with Gasteiger partial charge < -0.3 is 14.5 Å². The van der Waals surface area contributed by atoms with Crippen molar-refractivity contribution in [1.82, 2.24) is 4.90 Å². The van der Waals surface area contributed by atoms with Crippen molar-refractivity contribution in [1.29, 1.82) is 0 Å². The molecule has 1 aliphatic heterocycles. The molecular weight excluding hydrogens is 412 g/mol. The van der Waals surface area contributed by atoms with Gasteiger partial charge in [-0.2, -0.15) is 0 Å². The lowest BCUT2D eigenvalue weighted by Crippen LogP contribution is -2.40. The Balaban J connectivity index is 1.81. The van der Waals surface area contributed by atoms with E-state index in [0.29, 0.717) is 31.1 Å². The molecule has 2 aromatic rings. The van der Waals surface area contributed by atoms with Gasteiger partial charge in [0.15, 0.2) is 9.84 Å². The summed E-state index contributed by atoms with van der Waals surface area (Å²) in [7, 11) is 0.841. The Hall–Kier alpha value is -2.54. The van der Waals surface area contributed by atoms with Gasteiger partial charge in [0.25, 0.3) is 5.91 Å². The fourth-order valence-electron chi connectivity index (χ4n) is 3.61. The first-order valence-corrected chi connectivity index (χ1v) is 12.5. The number of carbonyl (C=O) groups excluding carboxylic acids is 1. The standard InChI is InChI=1S/C24H32N2O4S/c1-18(2)16-30-23-11-7-20(8-12-23)24(27)26(22-13-14-31(28,29)17-22)15-19-5-9-21(10-6-19)25(3)4/h5-12,18,22H,13-17H2,1-4H3/t22-/m1/s1. The van der Waals surface area contributed by atoms with E-state index in [4.69, 9.17) is 4.74 Å². The lowest BCUT2D eigenvalue weighted by atomic mass is 10.1. The lowest BCUT2D eigenvalue weighted by Gasteiger charge is -2.29. The highest BCUT2D eigenvalue weighted by molar-refractivity contribution is 7.91. The highest BCUT2D eigenvalue weighted by atomic mass is 32.2. The molecule has 0 spiro atoms. The van der Waals surface area contributed by atoms with Gasteiger partial charge in [0.05, 0.1) is 18.1 Å². The molecule has 6 nitrogen and oxygen atoms in total. The quantitative estimate of drug-likeness (QED) is 0.622. The third-order valence-electron chi connectivity index (χ3n) is 5.40. The monoisotopic (exact) mass is 444 g/mol. The predicted molar refractivity (Wildman–Crippen MR) is 124 cm³/mol. The van der Waals surface area contributed by atoms with Gasteiger partial charge in [0.2, 0.25) is 0 Å². The first-order valence-electron chi connectivity index (χ1n) is 10.6.